The van der Waals surface area contributed by atoms with Crippen LogP contribution in [0.5, 0.6) is 0 Å². The summed E-state index contributed by atoms with van der Waals surface area (Å²) >= 11 is 0. The van der Waals surface area contributed by atoms with E-state index in [1.807, 2.05) is 32.0 Å². The van der Waals surface area contributed by atoms with Crippen LogP contribution in [0.2, 0.25) is 0 Å². The van der Waals surface area contributed by atoms with Gasteiger partial charge in [0.1, 0.15) is 0 Å². The van der Waals surface area contributed by atoms with Crippen molar-refractivity contribution in [1.82, 2.24) is 4.72 Å². The van der Waals surface area contributed by atoms with Gasteiger partial charge in [-0.25, -0.2) is 17.9 Å². The van der Waals surface area contributed by atoms with Crippen molar-refractivity contribution in [3.8, 4) is 0 Å². The van der Waals surface area contributed by atoms with Gasteiger partial charge in [-0.15, -0.1) is 0 Å². The number of nitrogens with one attached hydrogen (secondary N) is 1. The molecule has 0 aliphatic carbocycles. The zero-order valence-electron chi connectivity index (χ0n) is 14.9. The average molecular weight is 374 g/mol. The van der Waals surface area contributed by atoms with Gasteiger partial charge < -0.3 is 22.3 Å². The SMILES string of the molecule is CCN(CCNS(C)(=O)=O)c1ccc(N)c(C)c1.O=C(O)O.[H-].[K+]. The first kappa shape index (κ1) is 24.9. The largest absolute Gasteiger partial charge is 1.00 e. The fourth-order valence-corrected chi connectivity index (χ4v) is 2.15. The second kappa shape index (κ2) is 12.1. The van der Waals surface area contributed by atoms with Crippen molar-refractivity contribution in [2.45, 2.75) is 13.8 Å². The van der Waals surface area contributed by atoms with Gasteiger partial charge in [0.25, 0.3) is 0 Å². The minimum atomic E-state index is -3.12. The standard InChI is InChI=1S/C12H21N3O2S.CH2O3.K.H/c1-4-15(8-7-14-18(3,16)17)11-5-6-12(13)10(2)9-11;2-1(3)4;;/h5-6,9,14H,4,7-8,13H2,1-3H3;(H2,2,3,4);;/q;;+1;-1. The first-order valence-electron chi connectivity index (χ1n) is 6.54. The van der Waals surface area contributed by atoms with E-state index in [4.69, 9.17) is 20.7 Å². The Morgan fingerprint density at radius 3 is 2.30 bits per heavy atom. The van der Waals surface area contributed by atoms with Crippen molar-refractivity contribution >= 4 is 27.6 Å². The van der Waals surface area contributed by atoms with Gasteiger partial charge in [-0.05, 0) is 37.6 Å². The Labute approximate surface area is 181 Å². The van der Waals surface area contributed by atoms with Gasteiger partial charge >= 0.3 is 57.5 Å². The molecule has 0 aromatic heterocycles. The minimum absolute atomic E-state index is 0. The molecule has 0 spiro atoms. The molecule has 0 heterocycles. The molecule has 0 amide bonds. The van der Waals surface area contributed by atoms with E-state index in [1.54, 1.807) is 0 Å². The summed E-state index contributed by atoms with van der Waals surface area (Å²) < 4.78 is 24.5. The van der Waals surface area contributed by atoms with Crippen LogP contribution in [0.25, 0.3) is 0 Å². The van der Waals surface area contributed by atoms with Crippen LogP contribution >= 0.6 is 0 Å². The summed E-state index contributed by atoms with van der Waals surface area (Å²) in [5.41, 5.74) is 8.63. The molecular formula is C13H24KN3O5S. The molecule has 0 saturated heterocycles. The molecule has 1 rings (SSSR count). The van der Waals surface area contributed by atoms with Gasteiger partial charge in [0, 0.05) is 31.0 Å². The number of hydrogen-bond donors (Lipinski definition) is 4. The molecule has 0 atom stereocenters. The van der Waals surface area contributed by atoms with E-state index in [0.717, 1.165) is 29.7 Å². The molecule has 0 aliphatic rings. The van der Waals surface area contributed by atoms with Crippen LogP contribution in [-0.4, -0.2) is 50.7 Å². The van der Waals surface area contributed by atoms with Crippen molar-refractivity contribution < 1.29 is 76.2 Å². The van der Waals surface area contributed by atoms with Crippen molar-refractivity contribution in [3.05, 3.63) is 23.8 Å². The van der Waals surface area contributed by atoms with Gasteiger partial charge in [0.2, 0.25) is 10.0 Å². The first-order valence-corrected chi connectivity index (χ1v) is 8.43. The second-order valence-electron chi connectivity index (χ2n) is 4.57. The third-order valence-electron chi connectivity index (χ3n) is 2.75. The average Bonchev–Trinajstić information content (AvgIpc) is 2.36. The van der Waals surface area contributed by atoms with Crippen LogP contribution in [-0.2, 0) is 10.0 Å². The Kier molecular flexibility index (Phi) is 13.1. The summed E-state index contributed by atoms with van der Waals surface area (Å²) in [7, 11) is -3.12. The van der Waals surface area contributed by atoms with Crippen LogP contribution in [0.1, 0.15) is 13.9 Å². The predicted molar refractivity (Wildman–Crippen MR) is 88.1 cm³/mol. The van der Waals surface area contributed by atoms with Gasteiger partial charge in [-0.1, -0.05) is 0 Å². The van der Waals surface area contributed by atoms with Crippen molar-refractivity contribution in [1.29, 1.82) is 0 Å². The summed E-state index contributed by atoms with van der Waals surface area (Å²) in [6.07, 6.45) is -0.670. The third kappa shape index (κ3) is 12.7. The first-order chi connectivity index (χ1) is 10.1. The number of hydrogen-bond acceptors (Lipinski definition) is 5. The summed E-state index contributed by atoms with van der Waals surface area (Å²) in [6, 6.07) is 5.84. The number of likely N-dealkylation sites (N-methyl/N-ethyl adjacent to an activating group) is 1. The number of anilines is 2. The molecule has 0 bridgehead atoms. The molecule has 1 aromatic rings. The quantitative estimate of drug-likeness (QED) is 0.345. The molecular weight excluding hydrogens is 349 g/mol. The molecule has 8 nitrogen and oxygen atoms in total. The van der Waals surface area contributed by atoms with Crippen LogP contribution in [0.4, 0.5) is 16.2 Å². The number of rotatable bonds is 6. The van der Waals surface area contributed by atoms with E-state index in [-0.39, 0.29) is 52.8 Å². The maximum atomic E-state index is 11.0. The molecule has 0 radical (unpaired) electrons. The number of aryl methyl sites for hydroxylation is 1. The Hall–Kier alpha value is -0.364. The van der Waals surface area contributed by atoms with Crippen molar-refractivity contribution in [2.24, 2.45) is 0 Å². The van der Waals surface area contributed by atoms with Gasteiger partial charge in [-0.3, -0.25) is 0 Å². The zero-order chi connectivity index (χ0) is 17.3. The van der Waals surface area contributed by atoms with Gasteiger partial charge in [0.05, 0.1) is 6.26 Å². The molecule has 1 aromatic carbocycles. The second-order valence-corrected chi connectivity index (χ2v) is 6.40. The normalized spacial score (nSPS) is 10.0. The summed E-state index contributed by atoms with van der Waals surface area (Å²) in [5.74, 6) is 0. The van der Waals surface area contributed by atoms with E-state index in [9.17, 15) is 8.42 Å². The molecule has 23 heavy (non-hydrogen) atoms. The van der Waals surface area contributed by atoms with E-state index >= 15 is 0 Å². The number of carboxylic acid groups (broad SMARTS) is 2. The van der Waals surface area contributed by atoms with Crippen LogP contribution in [0.15, 0.2) is 18.2 Å². The smallest absolute Gasteiger partial charge is 1.00 e. The van der Waals surface area contributed by atoms with E-state index in [0.29, 0.717) is 13.1 Å². The van der Waals surface area contributed by atoms with E-state index in [2.05, 4.69) is 9.62 Å². The summed E-state index contributed by atoms with van der Waals surface area (Å²) in [4.78, 5) is 10.7. The number of sulfonamides is 1. The fraction of sp³-hybridized carbons (Fsp3) is 0.462. The minimum Gasteiger partial charge on any atom is -1.00 e. The molecule has 0 saturated carbocycles. The van der Waals surface area contributed by atoms with E-state index < -0.39 is 16.2 Å². The molecule has 128 valence electrons. The van der Waals surface area contributed by atoms with Crippen LogP contribution in [0.3, 0.4) is 0 Å². The van der Waals surface area contributed by atoms with Crippen molar-refractivity contribution in [3.63, 3.8) is 0 Å². The summed E-state index contributed by atoms with van der Waals surface area (Å²) in [5, 5.41) is 13.9. The van der Waals surface area contributed by atoms with Gasteiger partial charge in [0.15, 0.2) is 0 Å². The Balaban J connectivity index is -0.000000661. The number of benzene rings is 1. The Bertz CT molecular complexity index is 597. The third-order valence-corrected chi connectivity index (χ3v) is 3.47. The monoisotopic (exact) mass is 373 g/mol. The Morgan fingerprint density at radius 1 is 1.39 bits per heavy atom. The Morgan fingerprint density at radius 2 is 1.91 bits per heavy atom. The van der Waals surface area contributed by atoms with Crippen LogP contribution in [0, 0.1) is 6.92 Å². The molecule has 0 aliphatic heterocycles. The van der Waals surface area contributed by atoms with Gasteiger partial charge in [-0.2, -0.15) is 0 Å². The molecule has 0 unspecified atom stereocenters. The number of carbonyl (C=O) groups is 1. The van der Waals surface area contributed by atoms with Crippen LogP contribution < -0.4 is 66.7 Å². The molecule has 0 fully saturated rings. The number of nitrogen functional groups attached to an aromatic ring is 1. The maximum Gasteiger partial charge on any atom is 1.00 e. The number of nitrogens with zero attached hydrogens (tertiary/aromatic N) is 1. The molecule has 5 N–H and O–H groups in total. The zero-order valence-corrected chi connectivity index (χ0v) is 17.8. The predicted octanol–water partition coefficient (Wildman–Crippen LogP) is -1.71. The maximum absolute atomic E-state index is 11.0. The summed E-state index contributed by atoms with van der Waals surface area (Å²) in [6.45, 7) is 5.84. The number of nitrogens with two attached hydrogens (primary N) is 1. The van der Waals surface area contributed by atoms with Crippen molar-refractivity contribution in [2.75, 3.05) is 36.5 Å². The molecule has 10 heteroatoms. The topological polar surface area (TPSA) is 133 Å². The fourth-order valence-electron chi connectivity index (χ4n) is 1.69. The van der Waals surface area contributed by atoms with E-state index in [1.165, 1.54) is 0 Å².